The molecule has 0 saturated carbocycles. The van der Waals surface area contributed by atoms with Crippen molar-refractivity contribution in [2.24, 2.45) is 5.92 Å². The second-order valence-corrected chi connectivity index (χ2v) is 8.81. The quantitative estimate of drug-likeness (QED) is 0.717. The van der Waals surface area contributed by atoms with Gasteiger partial charge in [-0.05, 0) is 49.1 Å². The van der Waals surface area contributed by atoms with Crippen molar-refractivity contribution in [3.8, 4) is 0 Å². The van der Waals surface area contributed by atoms with E-state index in [1.807, 2.05) is 17.0 Å². The smallest absolute Gasteiger partial charge is 0.305 e. The Morgan fingerprint density at radius 2 is 1.74 bits per heavy atom. The minimum atomic E-state index is -0.945. The number of hydrogen-bond donors (Lipinski definition) is 2. The van der Waals surface area contributed by atoms with Crippen molar-refractivity contribution in [1.29, 1.82) is 0 Å². The molecule has 2 rings (SSSR count). The number of carbonyl (C=O) groups excluding carboxylic acids is 2. The number of carboxylic acids is 1. The second-order valence-electron chi connectivity index (χ2n) is 8.81. The molecule has 1 heterocycles. The molecule has 1 aromatic carbocycles. The highest BCUT2D eigenvalue weighted by atomic mass is 16.4. The normalized spacial score (nSPS) is 16.2. The molecule has 1 aliphatic rings. The van der Waals surface area contributed by atoms with E-state index in [1.165, 1.54) is 12.8 Å². The fourth-order valence-electron chi connectivity index (χ4n) is 4.08. The van der Waals surface area contributed by atoms with Gasteiger partial charge in [0.05, 0.1) is 6.42 Å². The van der Waals surface area contributed by atoms with E-state index >= 15 is 0 Å². The van der Waals surface area contributed by atoms with Gasteiger partial charge in [-0.15, -0.1) is 0 Å². The molecule has 7 heteroatoms. The molecule has 2 amide bonds. The molecule has 0 aliphatic carbocycles. The van der Waals surface area contributed by atoms with Crippen LogP contribution in [-0.2, 0) is 16.1 Å². The summed E-state index contributed by atoms with van der Waals surface area (Å²) in [5, 5.41) is 11.5. The van der Waals surface area contributed by atoms with Gasteiger partial charge in [-0.2, -0.15) is 0 Å². The number of amides is 2. The van der Waals surface area contributed by atoms with Gasteiger partial charge in [-0.1, -0.05) is 33.1 Å². The van der Waals surface area contributed by atoms with E-state index in [1.54, 1.807) is 13.0 Å². The number of nitrogens with one attached hydrogen (secondary N) is 1. The molecule has 1 aromatic rings. The number of rotatable bonds is 6. The Kier molecular flexibility index (Phi) is 9.98. The van der Waals surface area contributed by atoms with Crippen molar-refractivity contribution >= 4 is 23.5 Å². The SMILES string of the molecule is CC(=O)N1CCCCCCCN(CC(C)C)Cc2cc(C(=O)NCCC(=O)O)ccc21. The first-order chi connectivity index (χ1) is 14.8. The lowest BCUT2D eigenvalue weighted by Gasteiger charge is -2.30. The summed E-state index contributed by atoms with van der Waals surface area (Å²) in [6.45, 7) is 9.38. The summed E-state index contributed by atoms with van der Waals surface area (Å²) in [5.41, 5.74) is 2.32. The number of fused-ring (bicyclic) bond motifs is 1. The van der Waals surface area contributed by atoms with E-state index in [-0.39, 0.29) is 24.8 Å². The van der Waals surface area contributed by atoms with Crippen LogP contribution in [0.3, 0.4) is 0 Å². The van der Waals surface area contributed by atoms with Gasteiger partial charge < -0.3 is 15.3 Å². The van der Waals surface area contributed by atoms with E-state index in [0.717, 1.165) is 43.6 Å². The first-order valence-corrected chi connectivity index (χ1v) is 11.4. The highest BCUT2D eigenvalue weighted by molar-refractivity contribution is 5.97. The Hall–Kier alpha value is -2.41. The van der Waals surface area contributed by atoms with Gasteiger partial charge in [0, 0.05) is 44.4 Å². The Morgan fingerprint density at radius 1 is 1.06 bits per heavy atom. The average Bonchev–Trinajstić information content (AvgIpc) is 2.68. The standard InChI is InChI=1S/C24H37N3O4/c1-18(2)16-26-13-7-5-4-6-8-14-27(19(3)28)22-10-9-20(15-21(22)17-26)24(31)25-12-11-23(29)30/h9-10,15,18H,4-8,11-14,16-17H2,1-3H3,(H,25,31)(H,29,30). The van der Waals surface area contributed by atoms with Crippen molar-refractivity contribution < 1.29 is 19.5 Å². The lowest BCUT2D eigenvalue weighted by Crippen LogP contribution is -2.34. The van der Waals surface area contributed by atoms with E-state index in [2.05, 4.69) is 24.1 Å². The van der Waals surface area contributed by atoms with Crippen LogP contribution in [0.2, 0.25) is 0 Å². The number of nitrogens with zero attached hydrogens (tertiary/aromatic N) is 2. The molecule has 0 spiro atoms. The molecule has 7 nitrogen and oxygen atoms in total. The summed E-state index contributed by atoms with van der Waals surface area (Å²) >= 11 is 0. The highest BCUT2D eigenvalue weighted by Gasteiger charge is 2.20. The molecule has 0 atom stereocenters. The van der Waals surface area contributed by atoms with Crippen molar-refractivity contribution in [3.63, 3.8) is 0 Å². The van der Waals surface area contributed by atoms with E-state index < -0.39 is 5.97 Å². The summed E-state index contributed by atoms with van der Waals surface area (Å²) in [4.78, 5) is 40.0. The molecule has 0 bridgehead atoms. The molecular weight excluding hydrogens is 394 g/mol. The summed E-state index contributed by atoms with van der Waals surface area (Å²) in [6.07, 6.45) is 5.47. The molecule has 0 aromatic heterocycles. The van der Waals surface area contributed by atoms with Gasteiger partial charge in [0.15, 0.2) is 0 Å². The Morgan fingerprint density at radius 3 is 2.39 bits per heavy atom. The zero-order valence-electron chi connectivity index (χ0n) is 19.2. The second kappa shape index (κ2) is 12.4. The number of benzene rings is 1. The maximum absolute atomic E-state index is 12.6. The van der Waals surface area contributed by atoms with Crippen LogP contribution in [0.15, 0.2) is 18.2 Å². The van der Waals surface area contributed by atoms with Crippen LogP contribution in [0, 0.1) is 5.92 Å². The van der Waals surface area contributed by atoms with Crippen LogP contribution in [0.4, 0.5) is 5.69 Å². The minimum Gasteiger partial charge on any atom is -0.481 e. The molecule has 172 valence electrons. The Balaban J connectivity index is 2.36. The van der Waals surface area contributed by atoms with Gasteiger partial charge in [0.1, 0.15) is 0 Å². The summed E-state index contributed by atoms with van der Waals surface area (Å²) in [7, 11) is 0. The molecule has 0 radical (unpaired) electrons. The van der Waals surface area contributed by atoms with Gasteiger partial charge in [-0.3, -0.25) is 19.3 Å². The summed E-state index contributed by atoms with van der Waals surface area (Å²) < 4.78 is 0. The van der Waals surface area contributed by atoms with Crippen LogP contribution in [0.1, 0.15) is 75.2 Å². The lowest BCUT2D eigenvalue weighted by atomic mass is 10.0. The van der Waals surface area contributed by atoms with Crippen molar-refractivity contribution in [2.45, 2.75) is 65.8 Å². The molecule has 2 N–H and O–H groups in total. The molecule has 31 heavy (non-hydrogen) atoms. The van der Waals surface area contributed by atoms with Gasteiger partial charge in [-0.25, -0.2) is 0 Å². The number of aliphatic carboxylic acids is 1. The van der Waals surface area contributed by atoms with Crippen molar-refractivity contribution in [3.05, 3.63) is 29.3 Å². The largest absolute Gasteiger partial charge is 0.481 e. The van der Waals surface area contributed by atoms with Crippen molar-refractivity contribution in [1.82, 2.24) is 10.2 Å². The zero-order valence-corrected chi connectivity index (χ0v) is 19.2. The maximum Gasteiger partial charge on any atom is 0.305 e. The third-order valence-electron chi connectivity index (χ3n) is 5.51. The summed E-state index contributed by atoms with van der Waals surface area (Å²) in [5.74, 6) is -0.714. The van der Waals surface area contributed by atoms with Crippen LogP contribution < -0.4 is 10.2 Å². The highest BCUT2D eigenvalue weighted by Crippen LogP contribution is 2.26. The molecular formula is C24H37N3O4. The third kappa shape index (κ3) is 8.32. The summed E-state index contributed by atoms with van der Waals surface area (Å²) in [6, 6.07) is 5.45. The number of carbonyl (C=O) groups is 3. The van der Waals surface area contributed by atoms with Crippen LogP contribution in [-0.4, -0.2) is 54.0 Å². The number of anilines is 1. The fourth-order valence-corrected chi connectivity index (χ4v) is 4.08. The average molecular weight is 432 g/mol. The number of hydrogen-bond acceptors (Lipinski definition) is 4. The van der Waals surface area contributed by atoms with Crippen LogP contribution >= 0.6 is 0 Å². The Labute approximate surface area is 185 Å². The molecule has 0 saturated heterocycles. The van der Waals surface area contributed by atoms with E-state index in [0.29, 0.717) is 24.6 Å². The van der Waals surface area contributed by atoms with Gasteiger partial charge in [0.25, 0.3) is 5.91 Å². The first-order valence-electron chi connectivity index (χ1n) is 11.4. The molecule has 1 aliphatic heterocycles. The van der Waals surface area contributed by atoms with Crippen LogP contribution in [0.5, 0.6) is 0 Å². The molecule has 0 fully saturated rings. The third-order valence-corrected chi connectivity index (χ3v) is 5.51. The predicted octanol–water partition coefficient (Wildman–Crippen LogP) is 3.67. The van der Waals surface area contributed by atoms with Crippen LogP contribution in [0.25, 0.3) is 0 Å². The minimum absolute atomic E-state index is 0.00683. The van der Waals surface area contributed by atoms with Crippen molar-refractivity contribution in [2.75, 3.05) is 31.1 Å². The maximum atomic E-state index is 12.6. The lowest BCUT2D eigenvalue weighted by molar-refractivity contribution is -0.136. The first kappa shape index (κ1) is 24.9. The number of carboxylic acid groups (broad SMARTS) is 1. The van der Waals surface area contributed by atoms with Gasteiger partial charge in [0.2, 0.25) is 5.91 Å². The topological polar surface area (TPSA) is 90.0 Å². The Bertz CT molecular complexity index is 763. The van der Waals surface area contributed by atoms with E-state index in [4.69, 9.17) is 5.11 Å². The monoisotopic (exact) mass is 431 g/mol. The molecule has 0 unspecified atom stereocenters. The zero-order chi connectivity index (χ0) is 22.8. The van der Waals surface area contributed by atoms with Gasteiger partial charge >= 0.3 is 5.97 Å². The van der Waals surface area contributed by atoms with E-state index in [9.17, 15) is 14.4 Å². The predicted molar refractivity (Wildman–Crippen MR) is 122 cm³/mol. The fraction of sp³-hybridized carbons (Fsp3) is 0.625.